The van der Waals surface area contributed by atoms with Gasteiger partial charge in [-0.25, -0.2) is 4.98 Å². The number of hydrogen-bond acceptors (Lipinski definition) is 3. The van der Waals surface area contributed by atoms with Gasteiger partial charge in [-0.15, -0.1) is 0 Å². The molecule has 0 spiro atoms. The van der Waals surface area contributed by atoms with Gasteiger partial charge < -0.3 is 10.0 Å². The highest BCUT2D eigenvalue weighted by molar-refractivity contribution is 6.30. The zero-order valence-corrected chi connectivity index (χ0v) is 10.8. The van der Waals surface area contributed by atoms with Crippen LogP contribution in [0.25, 0.3) is 0 Å². The second kappa shape index (κ2) is 4.55. The van der Waals surface area contributed by atoms with Crippen LogP contribution in [-0.2, 0) is 13.1 Å². The predicted molar refractivity (Wildman–Crippen MR) is 70.9 cm³/mol. The van der Waals surface area contributed by atoms with Crippen LogP contribution in [0.1, 0.15) is 21.5 Å². The van der Waals surface area contributed by atoms with Crippen LogP contribution < -0.4 is 0 Å². The van der Waals surface area contributed by atoms with Gasteiger partial charge in [0.15, 0.2) is 0 Å². The molecule has 2 aromatic rings. The third-order valence-electron chi connectivity index (χ3n) is 3.17. The fraction of sp³-hybridized carbons (Fsp3) is 0.143. The Labute approximate surface area is 115 Å². The molecule has 0 saturated heterocycles. The van der Waals surface area contributed by atoms with Gasteiger partial charge in [-0.05, 0) is 29.3 Å². The minimum absolute atomic E-state index is 0.185. The van der Waals surface area contributed by atoms with Crippen molar-refractivity contribution < 1.29 is 9.90 Å². The van der Waals surface area contributed by atoms with Gasteiger partial charge in [0.25, 0.3) is 5.91 Å². The maximum absolute atomic E-state index is 12.2. The summed E-state index contributed by atoms with van der Waals surface area (Å²) in [6.07, 6.45) is 1.51. The van der Waals surface area contributed by atoms with Crippen LogP contribution in [0.3, 0.4) is 0 Å². The maximum atomic E-state index is 12.2. The molecule has 4 nitrogen and oxygen atoms in total. The van der Waals surface area contributed by atoms with Crippen molar-refractivity contribution in [1.82, 2.24) is 9.88 Å². The molecule has 1 amide bonds. The first kappa shape index (κ1) is 12.0. The van der Waals surface area contributed by atoms with E-state index in [0.29, 0.717) is 23.7 Å². The van der Waals surface area contributed by atoms with Crippen LogP contribution in [0.2, 0.25) is 5.02 Å². The minimum Gasteiger partial charge on any atom is -0.493 e. The Kier molecular flexibility index (Phi) is 2.87. The van der Waals surface area contributed by atoms with E-state index in [1.54, 1.807) is 23.1 Å². The number of nitrogens with zero attached hydrogens (tertiary/aromatic N) is 2. The summed E-state index contributed by atoms with van der Waals surface area (Å²) in [6, 6.07) is 9.12. The Bertz CT molecular complexity index is 640. The average molecular weight is 275 g/mol. The van der Waals surface area contributed by atoms with E-state index in [-0.39, 0.29) is 11.8 Å². The average Bonchev–Trinajstić information content (AvgIpc) is 2.71. The third-order valence-corrected chi connectivity index (χ3v) is 3.42. The van der Waals surface area contributed by atoms with E-state index in [2.05, 4.69) is 4.98 Å². The molecule has 0 fully saturated rings. The number of aromatic nitrogens is 1. The molecule has 1 aromatic carbocycles. The van der Waals surface area contributed by atoms with Crippen molar-refractivity contribution in [3.8, 4) is 5.88 Å². The summed E-state index contributed by atoms with van der Waals surface area (Å²) in [5.74, 6) is -0.378. The summed E-state index contributed by atoms with van der Waals surface area (Å²) >= 11 is 5.83. The van der Waals surface area contributed by atoms with Crippen molar-refractivity contribution in [2.45, 2.75) is 13.1 Å². The summed E-state index contributed by atoms with van der Waals surface area (Å²) in [6.45, 7) is 0.983. The lowest BCUT2D eigenvalue weighted by molar-refractivity contribution is 0.0764. The molecular formula is C14H11ClN2O2. The molecule has 5 heteroatoms. The van der Waals surface area contributed by atoms with Gasteiger partial charge in [-0.1, -0.05) is 23.7 Å². The third kappa shape index (κ3) is 2.15. The molecule has 96 valence electrons. The number of amides is 1. The lowest BCUT2D eigenvalue weighted by atomic mass is 10.2. The highest BCUT2D eigenvalue weighted by atomic mass is 35.5. The van der Waals surface area contributed by atoms with E-state index < -0.39 is 0 Å². The quantitative estimate of drug-likeness (QED) is 0.916. The molecule has 1 aliphatic heterocycles. The Hall–Kier alpha value is -2.07. The second-order valence-electron chi connectivity index (χ2n) is 4.46. The largest absolute Gasteiger partial charge is 0.493 e. The summed E-state index contributed by atoms with van der Waals surface area (Å²) < 4.78 is 0. The first-order valence-electron chi connectivity index (χ1n) is 5.86. The summed E-state index contributed by atoms with van der Waals surface area (Å²) in [4.78, 5) is 17.6. The fourth-order valence-electron chi connectivity index (χ4n) is 2.23. The van der Waals surface area contributed by atoms with Crippen LogP contribution in [-0.4, -0.2) is 20.9 Å². The zero-order valence-electron chi connectivity index (χ0n) is 10.0. The van der Waals surface area contributed by atoms with Crippen molar-refractivity contribution >= 4 is 17.5 Å². The molecule has 3 rings (SSSR count). The van der Waals surface area contributed by atoms with Crippen molar-refractivity contribution in [2.75, 3.05) is 0 Å². The first-order chi connectivity index (χ1) is 9.15. The SMILES string of the molecule is O=C1c2c(ccnc2O)CN1Cc1ccc(Cl)cc1. The Morgan fingerprint density at radius 1 is 1.26 bits per heavy atom. The maximum Gasteiger partial charge on any atom is 0.260 e. The van der Waals surface area contributed by atoms with Gasteiger partial charge in [-0.2, -0.15) is 0 Å². The molecule has 0 bridgehead atoms. The number of pyridine rings is 1. The van der Waals surface area contributed by atoms with Crippen molar-refractivity contribution in [3.05, 3.63) is 58.2 Å². The second-order valence-corrected chi connectivity index (χ2v) is 4.89. The fourth-order valence-corrected chi connectivity index (χ4v) is 2.35. The molecule has 0 unspecified atom stereocenters. The molecule has 1 aromatic heterocycles. The number of benzene rings is 1. The lowest BCUT2D eigenvalue weighted by Gasteiger charge is -2.15. The zero-order chi connectivity index (χ0) is 13.4. The Morgan fingerprint density at radius 3 is 2.68 bits per heavy atom. The monoisotopic (exact) mass is 274 g/mol. The van der Waals surface area contributed by atoms with E-state index >= 15 is 0 Å². The molecule has 0 saturated carbocycles. The highest BCUT2D eigenvalue weighted by Gasteiger charge is 2.30. The molecule has 1 N–H and O–H groups in total. The van der Waals surface area contributed by atoms with E-state index in [9.17, 15) is 9.90 Å². The Morgan fingerprint density at radius 2 is 2.00 bits per heavy atom. The van der Waals surface area contributed by atoms with E-state index in [1.807, 2.05) is 12.1 Å². The van der Waals surface area contributed by atoms with Crippen LogP contribution in [0.5, 0.6) is 5.88 Å². The minimum atomic E-state index is -0.193. The molecule has 1 aliphatic rings. The number of fused-ring (bicyclic) bond motifs is 1. The van der Waals surface area contributed by atoms with Crippen LogP contribution in [0, 0.1) is 0 Å². The topological polar surface area (TPSA) is 53.4 Å². The molecule has 0 radical (unpaired) electrons. The number of halogens is 1. The molecule has 2 heterocycles. The van der Waals surface area contributed by atoms with Gasteiger partial charge in [0.1, 0.15) is 5.56 Å². The summed E-state index contributed by atoms with van der Waals surface area (Å²) in [7, 11) is 0. The Balaban J connectivity index is 1.84. The molecule has 19 heavy (non-hydrogen) atoms. The summed E-state index contributed by atoms with van der Waals surface area (Å²) in [5, 5.41) is 10.3. The number of carbonyl (C=O) groups excluding carboxylic acids is 1. The highest BCUT2D eigenvalue weighted by Crippen LogP contribution is 2.29. The van der Waals surface area contributed by atoms with Crippen LogP contribution in [0.4, 0.5) is 0 Å². The van der Waals surface area contributed by atoms with Crippen LogP contribution in [0.15, 0.2) is 36.5 Å². The number of hydrogen-bond donors (Lipinski definition) is 1. The van der Waals surface area contributed by atoms with Crippen LogP contribution >= 0.6 is 11.6 Å². The first-order valence-corrected chi connectivity index (χ1v) is 6.23. The summed E-state index contributed by atoms with van der Waals surface area (Å²) in [5.41, 5.74) is 2.13. The van der Waals surface area contributed by atoms with Crippen molar-refractivity contribution in [2.24, 2.45) is 0 Å². The van der Waals surface area contributed by atoms with Gasteiger partial charge >= 0.3 is 0 Å². The number of aromatic hydroxyl groups is 1. The van der Waals surface area contributed by atoms with Crippen molar-refractivity contribution in [1.29, 1.82) is 0 Å². The smallest absolute Gasteiger partial charge is 0.260 e. The van der Waals surface area contributed by atoms with E-state index in [0.717, 1.165) is 11.1 Å². The molecule has 0 aliphatic carbocycles. The predicted octanol–water partition coefficient (Wildman–Crippen LogP) is 2.60. The van der Waals surface area contributed by atoms with Gasteiger partial charge in [0.2, 0.25) is 5.88 Å². The van der Waals surface area contributed by atoms with Gasteiger partial charge in [0, 0.05) is 24.3 Å². The standard InChI is InChI=1S/C14H11ClN2O2/c15-11-3-1-9(2-4-11)7-17-8-10-5-6-16-13(18)12(10)14(17)19/h1-6H,7-8H2,(H,16,18). The van der Waals surface area contributed by atoms with E-state index in [4.69, 9.17) is 11.6 Å². The van der Waals surface area contributed by atoms with Gasteiger partial charge in [0.05, 0.1) is 0 Å². The molecule has 0 atom stereocenters. The number of rotatable bonds is 2. The van der Waals surface area contributed by atoms with Crippen molar-refractivity contribution in [3.63, 3.8) is 0 Å². The number of carbonyl (C=O) groups is 1. The lowest BCUT2D eigenvalue weighted by Crippen LogP contribution is -2.23. The van der Waals surface area contributed by atoms with E-state index in [1.165, 1.54) is 6.20 Å². The normalized spacial score (nSPS) is 13.7. The molecular weight excluding hydrogens is 264 g/mol. The van der Waals surface area contributed by atoms with Gasteiger partial charge in [-0.3, -0.25) is 4.79 Å².